The lowest BCUT2D eigenvalue weighted by Gasteiger charge is -2.08. The highest BCUT2D eigenvalue weighted by molar-refractivity contribution is 7.89. The smallest absolute Gasteiger partial charge is 0.289 e. The van der Waals surface area contributed by atoms with Crippen molar-refractivity contribution in [2.45, 2.75) is 24.2 Å². The number of rotatable bonds is 10. The van der Waals surface area contributed by atoms with Crippen LogP contribution in [0.4, 0.5) is 5.69 Å². The minimum atomic E-state index is -4.01. The molecule has 2 rings (SSSR count). The van der Waals surface area contributed by atoms with E-state index in [4.69, 9.17) is 0 Å². The lowest BCUT2D eigenvalue weighted by atomic mass is 10.1. The molecule has 0 radical (unpaired) electrons. The Morgan fingerprint density at radius 1 is 1.00 bits per heavy atom. The molecule has 0 aliphatic rings. The average molecular weight is 391 g/mol. The third kappa shape index (κ3) is 6.46. The number of benzene rings is 2. The number of nitrogens with zero attached hydrogens (tertiary/aromatic N) is 1. The van der Waals surface area contributed by atoms with Gasteiger partial charge in [-0.1, -0.05) is 42.5 Å². The van der Waals surface area contributed by atoms with Crippen molar-refractivity contribution in [2.75, 3.05) is 13.1 Å². The first-order valence-electron chi connectivity index (χ1n) is 8.44. The monoisotopic (exact) mass is 391 g/mol. The van der Waals surface area contributed by atoms with Crippen molar-refractivity contribution in [2.24, 2.45) is 0 Å². The van der Waals surface area contributed by atoms with E-state index in [0.29, 0.717) is 6.54 Å². The summed E-state index contributed by atoms with van der Waals surface area (Å²) < 4.78 is 26.7. The van der Waals surface area contributed by atoms with Gasteiger partial charge in [0.25, 0.3) is 5.69 Å². The Bertz CT molecular complexity index is 885. The third-order valence-corrected chi connectivity index (χ3v) is 5.31. The Labute approximate surface area is 157 Å². The van der Waals surface area contributed by atoms with E-state index in [0.717, 1.165) is 18.1 Å². The Morgan fingerprint density at radius 2 is 1.67 bits per heavy atom. The van der Waals surface area contributed by atoms with Crippen LogP contribution in [-0.4, -0.2) is 32.3 Å². The summed E-state index contributed by atoms with van der Waals surface area (Å²) in [6.07, 6.45) is 1.17. The summed E-state index contributed by atoms with van der Waals surface area (Å²) >= 11 is 0. The molecule has 0 aromatic heterocycles. The largest absolute Gasteiger partial charge is 0.356 e. The van der Waals surface area contributed by atoms with Gasteiger partial charge < -0.3 is 5.32 Å². The predicted octanol–water partition coefficient (Wildman–Crippen LogP) is 2.01. The maximum absolute atomic E-state index is 12.2. The lowest BCUT2D eigenvalue weighted by Crippen LogP contribution is -2.29. The topological polar surface area (TPSA) is 118 Å². The van der Waals surface area contributed by atoms with Gasteiger partial charge in [0, 0.05) is 25.6 Å². The standard InChI is InChI=1S/C18H21N3O5S/c22-18(19-14-12-15-7-2-1-3-8-15)11-6-13-20-27(25,26)17-10-5-4-9-16(17)21(23)24/h1-5,7-10,20H,6,11-14H2,(H,19,22). The summed E-state index contributed by atoms with van der Waals surface area (Å²) in [4.78, 5) is 21.6. The number of para-hydroxylation sites is 1. The van der Waals surface area contributed by atoms with Gasteiger partial charge in [-0.15, -0.1) is 0 Å². The van der Waals surface area contributed by atoms with Crippen LogP contribution in [0.5, 0.6) is 0 Å². The predicted molar refractivity (Wildman–Crippen MR) is 101 cm³/mol. The fraction of sp³-hybridized carbons (Fsp3) is 0.278. The molecule has 2 aromatic carbocycles. The van der Waals surface area contributed by atoms with Crippen LogP contribution in [0, 0.1) is 10.1 Å². The zero-order valence-electron chi connectivity index (χ0n) is 14.6. The number of nitro benzene ring substituents is 1. The van der Waals surface area contributed by atoms with Gasteiger partial charge in [-0.2, -0.15) is 0 Å². The van der Waals surface area contributed by atoms with E-state index in [-0.39, 0.29) is 30.2 Å². The first kappa shape index (κ1) is 20.5. The highest BCUT2D eigenvalue weighted by Gasteiger charge is 2.24. The first-order valence-corrected chi connectivity index (χ1v) is 9.92. The van der Waals surface area contributed by atoms with Crippen molar-refractivity contribution in [1.82, 2.24) is 10.0 Å². The second kappa shape index (κ2) is 9.79. The second-order valence-corrected chi connectivity index (χ2v) is 7.55. The highest BCUT2D eigenvalue weighted by atomic mass is 32.2. The Kier molecular flexibility index (Phi) is 7.44. The average Bonchev–Trinajstić information content (AvgIpc) is 2.66. The molecule has 0 saturated carbocycles. The van der Waals surface area contributed by atoms with Crippen LogP contribution in [0.2, 0.25) is 0 Å². The highest BCUT2D eigenvalue weighted by Crippen LogP contribution is 2.22. The molecule has 0 aliphatic heterocycles. The first-order chi connectivity index (χ1) is 12.9. The molecule has 1 amide bonds. The van der Waals surface area contributed by atoms with E-state index in [2.05, 4.69) is 10.0 Å². The number of amides is 1. The normalized spacial score (nSPS) is 11.1. The van der Waals surface area contributed by atoms with Crippen molar-refractivity contribution in [1.29, 1.82) is 0 Å². The molecule has 0 spiro atoms. The van der Waals surface area contributed by atoms with Crippen molar-refractivity contribution < 1.29 is 18.1 Å². The fourth-order valence-electron chi connectivity index (χ4n) is 2.45. The number of nitrogens with one attached hydrogen (secondary N) is 2. The Morgan fingerprint density at radius 3 is 2.37 bits per heavy atom. The van der Waals surface area contributed by atoms with Crippen LogP contribution in [0.1, 0.15) is 18.4 Å². The van der Waals surface area contributed by atoms with Crippen LogP contribution in [0.25, 0.3) is 0 Å². The molecular weight excluding hydrogens is 370 g/mol. The van der Waals surface area contributed by atoms with Gasteiger partial charge in [0.1, 0.15) is 0 Å². The quantitative estimate of drug-likeness (QED) is 0.365. The maximum atomic E-state index is 12.2. The molecule has 144 valence electrons. The molecule has 0 unspecified atom stereocenters. The van der Waals surface area contributed by atoms with E-state index in [9.17, 15) is 23.3 Å². The molecule has 0 aliphatic carbocycles. The SMILES string of the molecule is O=C(CCCNS(=O)(=O)c1ccccc1[N+](=O)[O-])NCCc1ccccc1. The summed E-state index contributed by atoms with van der Waals surface area (Å²) in [5.41, 5.74) is 0.638. The van der Waals surface area contributed by atoms with E-state index in [1.807, 2.05) is 30.3 Å². The third-order valence-electron chi connectivity index (χ3n) is 3.80. The molecule has 2 aromatic rings. The van der Waals surface area contributed by atoms with Crippen LogP contribution < -0.4 is 10.0 Å². The second-order valence-electron chi connectivity index (χ2n) is 5.81. The zero-order valence-corrected chi connectivity index (χ0v) is 15.4. The van der Waals surface area contributed by atoms with E-state index < -0.39 is 20.6 Å². The zero-order chi connectivity index (χ0) is 19.7. The summed E-state index contributed by atoms with van der Waals surface area (Å²) in [6, 6.07) is 14.9. The van der Waals surface area contributed by atoms with Crippen molar-refractivity contribution in [3.05, 3.63) is 70.3 Å². The number of carbonyl (C=O) groups is 1. The van der Waals surface area contributed by atoms with Gasteiger partial charge in [0.15, 0.2) is 4.90 Å². The van der Waals surface area contributed by atoms with Crippen LogP contribution in [0.15, 0.2) is 59.5 Å². The molecule has 0 heterocycles. The molecule has 2 N–H and O–H groups in total. The summed E-state index contributed by atoms with van der Waals surface area (Å²) in [5, 5.41) is 13.7. The van der Waals surface area contributed by atoms with Gasteiger partial charge in [-0.3, -0.25) is 14.9 Å². The minimum absolute atomic E-state index is 0.0144. The molecular formula is C18H21N3O5S. The van der Waals surface area contributed by atoms with Crippen LogP contribution in [-0.2, 0) is 21.2 Å². The summed E-state index contributed by atoms with van der Waals surface area (Å²) in [7, 11) is -4.01. The molecule has 27 heavy (non-hydrogen) atoms. The van der Waals surface area contributed by atoms with Crippen molar-refractivity contribution in [3.8, 4) is 0 Å². The molecule has 0 bridgehead atoms. The van der Waals surface area contributed by atoms with E-state index in [1.54, 1.807) is 0 Å². The van der Waals surface area contributed by atoms with E-state index in [1.165, 1.54) is 18.2 Å². The van der Waals surface area contributed by atoms with Gasteiger partial charge in [-0.25, -0.2) is 13.1 Å². The van der Waals surface area contributed by atoms with Crippen molar-refractivity contribution >= 4 is 21.6 Å². The number of sulfonamides is 1. The lowest BCUT2D eigenvalue weighted by molar-refractivity contribution is -0.387. The fourth-order valence-corrected chi connectivity index (χ4v) is 3.69. The van der Waals surface area contributed by atoms with Gasteiger partial charge >= 0.3 is 0 Å². The molecule has 0 fully saturated rings. The summed E-state index contributed by atoms with van der Waals surface area (Å²) in [6.45, 7) is 0.519. The molecule has 8 nitrogen and oxygen atoms in total. The van der Waals surface area contributed by atoms with Crippen LogP contribution >= 0.6 is 0 Å². The van der Waals surface area contributed by atoms with Gasteiger partial charge in [0.05, 0.1) is 4.92 Å². The summed E-state index contributed by atoms with van der Waals surface area (Å²) in [5.74, 6) is -0.171. The molecule has 0 saturated heterocycles. The molecule has 9 heteroatoms. The molecule has 0 atom stereocenters. The van der Waals surface area contributed by atoms with Gasteiger partial charge in [-0.05, 0) is 24.5 Å². The number of hydrogen-bond donors (Lipinski definition) is 2. The number of nitro groups is 1. The Hall–Kier alpha value is -2.78. The van der Waals surface area contributed by atoms with E-state index >= 15 is 0 Å². The Balaban J connectivity index is 1.74. The number of carbonyl (C=O) groups excluding carboxylic acids is 1. The minimum Gasteiger partial charge on any atom is -0.356 e. The van der Waals surface area contributed by atoms with Gasteiger partial charge in [0.2, 0.25) is 15.9 Å². The van der Waals surface area contributed by atoms with Crippen molar-refractivity contribution in [3.63, 3.8) is 0 Å². The number of hydrogen-bond acceptors (Lipinski definition) is 5. The van der Waals surface area contributed by atoms with Crippen LogP contribution in [0.3, 0.4) is 0 Å². The maximum Gasteiger partial charge on any atom is 0.289 e.